The molecule has 0 amide bonds. The lowest BCUT2D eigenvalue weighted by Gasteiger charge is -2.10. The minimum atomic E-state index is 0.252. The first-order valence-electron chi connectivity index (χ1n) is 4.64. The van der Waals surface area contributed by atoms with Gasteiger partial charge in [0, 0.05) is 6.07 Å². The van der Waals surface area contributed by atoms with Crippen LogP contribution in [0.4, 0.5) is 0 Å². The predicted octanol–water partition coefficient (Wildman–Crippen LogP) is 2.82. The van der Waals surface area contributed by atoms with Gasteiger partial charge in [-0.3, -0.25) is 0 Å². The summed E-state index contributed by atoms with van der Waals surface area (Å²) < 4.78 is 5.48. The van der Waals surface area contributed by atoms with Crippen molar-refractivity contribution >= 4 is 0 Å². The third-order valence-electron chi connectivity index (χ3n) is 2.05. The lowest BCUT2D eigenvalue weighted by molar-refractivity contribution is 0.255. The van der Waals surface area contributed by atoms with Crippen LogP contribution in [0.1, 0.15) is 20.3 Å². The molecular weight excluding hydrogens is 164 g/mol. The van der Waals surface area contributed by atoms with Gasteiger partial charge in [0.15, 0.2) is 0 Å². The zero-order valence-electron chi connectivity index (χ0n) is 8.16. The molecule has 1 aromatic rings. The summed E-state index contributed by atoms with van der Waals surface area (Å²) >= 11 is 0. The maximum atomic E-state index is 9.16. The van der Waals surface area contributed by atoms with Crippen LogP contribution in [0.25, 0.3) is 0 Å². The number of ether oxygens (including phenoxy) is 1. The molecule has 2 nitrogen and oxygen atoms in total. The Bertz CT molecular complexity index is 258. The van der Waals surface area contributed by atoms with Gasteiger partial charge in [0.2, 0.25) is 0 Å². The molecule has 1 atom stereocenters. The number of hydrogen-bond acceptors (Lipinski definition) is 2. The quantitative estimate of drug-likeness (QED) is 0.772. The lowest BCUT2D eigenvalue weighted by Crippen LogP contribution is -2.06. The number of phenolic OH excluding ortho intramolecular Hbond substituents is 1. The van der Waals surface area contributed by atoms with E-state index in [1.807, 2.05) is 6.07 Å². The number of aromatic hydroxyl groups is 1. The summed E-state index contributed by atoms with van der Waals surface area (Å²) in [5, 5.41) is 9.16. The van der Waals surface area contributed by atoms with E-state index >= 15 is 0 Å². The van der Waals surface area contributed by atoms with Crippen LogP contribution < -0.4 is 4.74 Å². The van der Waals surface area contributed by atoms with E-state index in [9.17, 15) is 0 Å². The second kappa shape index (κ2) is 4.75. The van der Waals surface area contributed by atoms with Gasteiger partial charge in [-0.25, -0.2) is 0 Å². The molecule has 0 aliphatic heterocycles. The first kappa shape index (κ1) is 9.90. The fourth-order valence-corrected chi connectivity index (χ4v) is 0.930. The Balaban J connectivity index is 2.45. The van der Waals surface area contributed by atoms with Crippen LogP contribution in [0.15, 0.2) is 24.3 Å². The highest BCUT2D eigenvalue weighted by atomic mass is 16.5. The van der Waals surface area contributed by atoms with Crippen LogP contribution in [0.5, 0.6) is 11.5 Å². The van der Waals surface area contributed by atoms with Crippen LogP contribution in [0.3, 0.4) is 0 Å². The first-order chi connectivity index (χ1) is 6.22. The summed E-state index contributed by atoms with van der Waals surface area (Å²) in [6.45, 7) is 4.99. The molecule has 1 N–H and O–H groups in total. The van der Waals surface area contributed by atoms with Crippen molar-refractivity contribution in [1.82, 2.24) is 0 Å². The first-order valence-corrected chi connectivity index (χ1v) is 4.64. The summed E-state index contributed by atoms with van der Waals surface area (Å²) in [7, 11) is 0. The van der Waals surface area contributed by atoms with E-state index in [2.05, 4.69) is 13.8 Å². The Kier molecular flexibility index (Phi) is 3.62. The minimum Gasteiger partial charge on any atom is -0.508 e. The van der Waals surface area contributed by atoms with E-state index in [1.165, 1.54) is 0 Å². The molecular formula is C11H16O2. The summed E-state index contributed by atoms with van der Waals surface area (Å²) in [4.78, 5) is 0. The number of hydrogen-bond donors (Lipinski definition) is 1. The Morgan fingerprint density at radius 1 is 1.46 bits per heavy atom. The molecule has 0 heterocycles. The van der Waals surface area contributed by atoms with Crippen molar-refractivity contribution in [2.24, 2.45) is 5.92 Å². The SMILES string of the molecule is CC[C@H](C)COc1cccc(O)c1. The molecule has 0 fully saturated rings. The van der Waals surface area contributed by atoms with Gasteiger partial charge in [-0.05, 0) is 18.1 Å². The smallest absolute Gasteiger partial charge is 0.122 e. The van der Waals surface area contributed by atoms with Crippen molar-refractivity contribution in [2.75, 3.05) is 6.61 Å². The molecule has 0 saturated heterocycles. The van der Waals surface area contributed by atoms with Crippen LogP contribution in [0.2, 0.25) is 0 Å². The lowest BCUT2D eigenvalue weighted by atomic mass is 10.1. The Morgan fingerprint density at radius 3 is 2.85 bits per heavy atom. The van der Waals surface area contributed by atoms with Gasteiger partial charge in [0.1, 0.15) is 11.5 Å². The molecule has 1 aromatic carbocycles. The van der Waals surface area contributed by atoms with Gasteiger partial charge in [0.25, 0.3) is 0 Å². The number of benzene rings is 1. The van der Waals surface area contributed by atoms with E-state index in [-0.39, 0.29) is 5.75 Å². The summed E-state index contributed by atoms with van der Waals surface area (Å²) in [6, 6.07) is 6.89. The normalized spacial score (nSPS) is 12.5. The Morgan fingerprint density at radius 2 is 2.23 bits per heavy atom. The summed E-state index contributed by atoms with van der Waals surface area (Å²) in [5.41, 5.74) is 0. The van der Waals surface area contributed by atoms with Gasteiger partial charge >= 0.3 is 0 Å². The van der Waals surface area contributed by atoms with Crippen molar-refractivity contribution in [1.29, 1.82) is 0 Å². The topological polar surface area (TPSA) is 29.5 Å². The molecule has 2 heteroatoms. The van der Waals surface area contributed by atoms with Crippen molar-refractivity contribution in [2.45, 2.75) is 20.3 Å². The average molecular weight is 180 g/mol. The molecule has 0 radical (unpaired) electrons. The third kappa shape index (κ3) is 3.36. The van der Waals surface area contributed by atoms with Crippen LogP contribution in [0, 0.1) is 5.92 Å². The third-order valence-corrected chi connectivity index (χ3v) is 2.05. The molecule has 0 spiro atoms. The monoisotopic (exact) mass is 180 g/mol. The summed E-state index contributed by atoms with van der Waals surface area (Å²) in [5.74, 6) is 1.55. The molecule has 72 valence electrons. The van der Waals surface area contributed by atoms with Crippen molar-refractivity contribution in [3.63, 3.8) is 0 Å². The average Bonchev–Trinajstić information content (AvgIpc) is 2.14. The molecule has 1 rings (SSSR count). The van der Waals surface area contributed by atoms with Gasteiger partial charge in [-0.2, -0.15) is 0 Å². The highest BCUT2D eigenvalue weighted by Crippen LogP contribution is 2.18. The molecule has 0 aliphatic carbocycles. The van der Waals surface area contributed by atoms with E-state index in [1.54, 1.807) is 18.2 Å². The highest BCUT2D eigenvalue weighted by molar-refractivity contribution is 5.31. The van der Waals surface area contributed by atoms with Crippen molar-refractivity contribution < 1.29 is 9.84 Å². The molecule has 0 saturated carbocycles. The zero-order chi connectivity index (χ0) is 9.68. The van der Waals surface area contributed by atoms with Crippen LogP contribution in [-0.4, -0.2) is 11.7 Å². The van der Waals surface area contributed by atoms with Gasteiger partial charge in [-0.15, -0.1) is 0 Å². The minimum absolute atomic E-state index is 0.252. The highest BCUT2D eigenvalue weighted by Gasteiger charge is 2.00. The molecule has 0 aliphatic rings. The Hall–Kier alpha value is -1.18. The second-order valence-corrected chi connectivity index (χ2v) is 3.32. The maximum Gasteiger partial charge on any atom is 0.122 e. The molecule has 13 heavy (non-hydrogen) atoms. The number of rotatable bonds is 4. The fraction of sp³-hybridized carbons (Fsp3) is 0.455. The fourth-order valence-electron chi connectivity index (χ4n) is 0.930. The standard InChI is InChI=1S/C11H16O2/c1-3-9(2)8-13-11-6-4-5-10(12)7-11/h4-7,9,12H,3,8H2,1-2H3/t9-/m0/s1. The van der Waals surface area contributed by atoms with Crippen molar-refractivity contribution in [3.05, 3.63) is 24.3 Å². The van der Waals surface area contributed by atoms with E-state index in [4.69, 9.17) is 9.84 Å². The zero-order valence-corrected chi connectivity index (χ0v) is 8.16. The van der Waals surface area contributed by atoms with Gasteiger partial charge in [0.05, 0.1) is 6.61 Å². The van der Waals surface area contributed by atoms with Crippen molar-refractivity contribution in [3.8, 4) is 11.5 Å². The van der Waals surface area contributed by atoms with E-state index < -0.39 is 0 Å². The maximum absolute atomic E-state index is 9.16. The van der Waals surface area contributed by atoms with Gasteiger partial charge < -0.3 is 9.84 Å². The molecule has 0 aromatic heterocycles. The second-order valence-electron chi connectivity index (χ2n) is 3.32. The van der Waals surface area contributed by atoms with Crippen LogP contribution >= 0.6 is 0 Å². The van der Waals surface area contributed by atoms with Gasteiger partial charge in [-0.1, -0.05) is 26.3 Å². The Labute approximate surface area is 79.2 Å². The molecule has 0 unspecified atom stereocenters. The van der Waals surface area contributed by atoms with E-state index in [0.29, 0.717) is 12.5 Å². The predicted molar refractivity (Wildman–Crippen MR) is 53.1 cm³/mol. The van der Waals surface area contributed by atoms with E-state index in [0.717, 1.165) is 12.2 Å². The number of phenols is 1. The largest absolute Gasteiger partial charge is 0.508 e. The summed E-state index contributed by atoms with van der Waals surface area (Å²) in [6.07, 6.45) is 1.11. The van der Waals surface area contributed by atoms with Crippen LogP contribution in [-0.2, 0) is 0 Å². The molecule has 0 bridgehead atoms.